The molecule has 21 heavy (non-hydrogen) atoms. The van der Waals surface area contributed by atoms with E-state index in [4.69, 9.17) is 4.74 Å². The van der Waals surface area contributed by atoms with Crippen molar-refractivity contribution in [3.63, 3.8) is 0 Å². The Morgan fingerprint density at radius 3 is 2.00 bits per heavy atom. The SMILES string of the molecule is C1CC2CC3CC1C2C3.CC.CC.O=C1CCCCCO1. The van der Waals surface area contributed by atoms with Crippen molar-refractivity contribution in [2.45, 2.75) is 85.5 Å². The molecule has 0 aromatic heterocycles. The largest absolute Gasteiger partial charge is 0.466 e. The lowest BCUT2D eigenvalue weighted by atomic mass is 9.89. The molecule has 0 N–H and O–H groups in total. The Morgan fingerprint density at radius 2 is 1.48 bits per heavy atom. The van der Waals surface area contributed by atoms with Gasteiger partial charge in [0.1, 0.15) is 0 Å². The van der Waals surface area contributed by atoms with Crippen LogP contribution in [0.4, 0.5) is 0 Å². The van der Waals surface area contributed by atoms with E-state index in [1.165, 1.54) is 23.7 Å². The molecule has 0 amide bonds. The quantitative estimate of drug-likeness (QED) is 0.544. The van der Waals surface area contributed by atoms with Crippen LogP contribution in [0.25, 0.3) is 0 Å². The third-order valence-electron chi connectivity index (χ3n) is 5.29. The third kappa shape index (κ3) is 5.30. The van der Waals surface area contributed by atoms with Crippen LogP contribution >= 0.6 is 0 Å². The Bertz CT molecular complexity index is 261. The van der Waals surface area contributed by atoms with Crippen LogP contribution in [0.5, 0.6) is 0 Å². The van der Waals surface area contributed by atoms with E-state index in [9.17, 15) is 4.79 Å². The second-order valence-corrected chi connectivity index (χ2v) is 6.37. The minimum Gasteiger partial charge on any atom is -0.466 e. The van der Waals surface area contributed by atoms with Crippen LogP contribution in [0.3, 0.4) is 0 Å². The van der Waals surface area contributed by atoms with Crippen molar-refractivity contribution in [1.29, 1.82) is 0 Å². The van der Waals surface area contributed by atoms with Gasteiger partial charge in [-0.2, -0.15) is 0 Å². The van der Waals surface area contributed by atoms with Crippen LogP contribution in [-0.2, 0) is 9.53 Å². The standard InChI is InChI=1S/C9H14.C6H10O2.2C2H6/c1-2-8-4-6-3-7(1)9(8)5-6;7-6-4-2-1-3-5-8-6;2*1-2/h6-9H,1-5H2;1-5H2;2*1-2H3. The lowest BCUT2D eigenvalue weighted by Gasteiger charge is -2.16. The molecule has 3 aliphatic carbocycles. The van der Waals surface area contributed by atoms with Crippen LogP contribution in [0.2, 0.25) is 0 Å². The van der Waals surface area contributed by atoms with Gasteiger partial charge in [-0.15, -0.1) is 0 Å². The number of rotatable bonds is 0. The van der Waals surface area contributed by atoms with Crippen molar-refractivity contribution >= 4 is 5.97 Å². The number of carbonyl (C=O) groups is 1. The Kier molecular flexibility index (Phi) is 9.03. The second kappa shape index (κ2) is 10.2. The highest BCUT2D eigenvalue weighted by Gasteiger charge is 2.49. The lowest BCUT2D eigenvalue weighted by molar-refractivity contribution is -0.142. The average molecular weight is 296 g/mol. The summed E-state index contributed by atoms with van der Waals surface area (Å²) in [7, 11) is 0. The van der Waals surface area contributed by atoms with E-state index in [2.05, 4.69) is 0 Å². The zero-order chi connectivity index (χ0) is 15.7. The maximum Gasteiger partial charge on any atom is 0.305 e. The molecule has 4 fully saturated rings. The molecule has 4 aliphatic rings. The van der Waals surface area contributed by atoms with Gasteiger partial charge in [0, 0.05) is 6.42 Å². The Balaban J connectivity index is 0.000000172. The van der Waals surface area contributed by atoms with Gasteiger partial charge in [-0.1, -0.05) is 27.7 Å². The number of ether oxygens (including phenoxy) is 1. The summed E-state index contributed by atoms with van der Waals surface area (Å²) >= 11 is 0. The molecule has 1 saturated heterocycles. The zero-order valence-electron chi connectivity index (χ0n) is 14.7. The van der Waals surface area contributed by atoms with E-state index in [1.807, 2.05) is 27.7 Å². The summed E-state index contributed by atoms with van der Waals surface area (Å²) in [6.45, 7) is 8.64. The Labute approximate surface area is 132 Å². The molecule has 1 aliphatic heterocycles. The van der Waals surface area contributed by atoms with E-state index in [-0.39, 0.29) is 5.97 Å². The van der Waals surface area contributed by atoms with Crippen molar-refractivity contribution in [3.8, 4) is 0 Å². The molecule has 2 bridgehead atoms. The number of fused-ring (bicyclic) bond motifs is 1. The fourth-order valence-corrected chi connectivity index (χ4v) is 4.55. The van der Waals surface area contributed by atoms with Crippen molar-refractivity contribution in [2.75, 3.05) is 6.61 Å². The van der Waals surface area contributed by atoms with E-state index >= 15 is 0 Å². The molecule has 0 aromatic rings. The normalized spacial score (nSPS) is 35.1. The molecule has 2 atom stereocenters. The van der Waals surface area contributed by atoms with Crippen LogP contribution < -0.4 is 0 Å². The summed E-state index contributed by atoms with van der Waals surface area (Å²) in [5.74, 6) is 4.78. The Morgan fingerprint density at radius 1 is 0.857 bits per heavy atom. The molecule has 3 saturated carbocycles. The highest BCUT2D eigenvalue weighted by molar-refractivity contribution is 5.69. The number of hydrogen-bond acceptors (Lipinski definition) is 2. The van der Waals surface area contributed by atoms with E-state index in [0.717, 1.165) is 19.3 Å². The molecule has 2 heteroatoms. The molecule has 0 spiro atoms. The molecular weight excluding hydrogens is 260 g/mol. The molecule has 1 heterocycles. The number of esters is 1. The summed E-state index contributed by atoms with van der Waals surface area (Å²) in [6.07, 6.45) is 11.9. The van der Waals surface area contributed by atoms with Crippen molar-refractivity contribution in [1.82, 2.24) is 0 Å². The minimum atomic E-state index is -0.0255. The summed E-state index contributed by atoms with van der Waals surface area (Å²) in [4.78, 5) is 10.5. The highest BCUT2D eigenvalue weighted by atomic mass is 16.5. The van der Waals surface area contributed by atoms with Crippen molar-refractivity contribution < 1.29 is 9.53 Å². The van der Waals surface area contributed by atoms with Crippen LogP contribution in [0, 0.1) is 23.7 Å². The van der Waals surface area contributed by atoms with Crippen molar-refractivity contribution in [3.05, 3.63) is 0 Å². The van der Waals surface area contributed by atoms with Gasteiger partial charge in [-0.3, -0.25) is 4.79 Å². The van der Waals surface area contributed by atoms with Gasteiger partial charge < -0.3 is 4.74 Å². The first-order valence-corrected chi connectivity index (χ1v) is 9.48. The van der Waals surface area contributed by atoms with Gasteiger partial charge >= 0.3 is 5.97 Å². The van der Waals surface area contributed by atoms with Crippen LogP contribution in [0.1, 0.15) is 85.5 Å². The zero-order valence-corrected chi connectivity index (χ0v) is 14.7. The van der Waals surface area contributed by atoms with E-state index in [0.29, 0.717) is 13.0 Å². The van der Waals surface area contributed by atoms with E-state index in [1.54, 1.807) is 32.1 Å². The predicted molar refractivity (Wildman–Crippen MR) is 89.2 cm³/mol. The van der Waals surface area contributed by atoms with Gasteiger partial charge in [0.25, 0.3) is 0 Å². The lowest BCUT2D eigenvalue weighted by Crippen LogP contribution is -2.08. The molecular formula is C19H36O2. The number of cyclic esters (lactones) is 1. The summed E-state index contributed by atoms with van der Waals surface area (Å²) in [5, 5.41) is 0. The number of carbonyl (C=O) groups excluding carboxylic acids is 1. The second-order valence-electron chi connectivity index (χ2n) is 6.37. The van der Waals surface area contributed by atoms with Crippen LogP contribution in [0.15, 0.2) is 0 Å². The van der Waals surface area contributed by atoms with Crippen molar-refractivity contribution in [2.24, 2.45) is 23.7 Å². The summed E-state index contributed by atoms with van der Waals surface area (Å²) in [6, 6.07) is 0. The monoisotopic (exact) mass is 296 g/mol. The van der Waals surface area contributed by atoms with Crippen LogP contribution in [-0.4, -0.2) is 12.6 Å². The molecule has 0 aromatic carbocycles. The first-order valence-electron chi connectivity index (χ1n) is 9.48. The van der Waals surface area contributed by atoms with Gasteiger partial charge in [-0.25, -0.2) is 0 Å². The number of hydrogen-bond donors (Lipinski definition) is 0. The van der Waals surface area contributed by atoms with Gasteiger partial charge in [0.2, 0.25) is 0 Å². The predicted octanol–water partition coefficient (Wildman–Crippen LogP) is 5.60. The molecule has 2 nitrogen and oxygen atoms in total. The maximum absolute atomic E-state index is 10.5. The molecule has 2 unspecified atom stereocenters. The summed E-state index contributed by atoms with van der Waals surface area (Å²) in [5.41, 5.74) is 0. The fraction of sp³-hybridized carbons (Fsp3) is 0.947. The Hall–Kier alpha value is -0.530. The van der Waals surface area contributed by atoms with E-state index < -0.39 is 0 Å². The smallest absolute Gasteiger partial charge is 0.305 e. The topological polar surface area (TPSA) is 26.3 Å². The molecule has 124 valence electrons. The first-order chi connectivity index (χ1) is 10.3. The van der Waals surface area contributed by atoms with Gasteiger partial charge in [0.05, 0.1) is 6.61 Å². The third-order valence-corrected chi connectivity index (χ3v) is 5.29. The summed E-state index contributed by atoms with van der Waals surface area (Å²) < 4.78 is 4.76. The molecule has 4 rings (SSSR count). The minimum absolute atomic E-state index is 0.0255. The fourth-order valence-electron chi connectivity index (χ4n) is 4.55. The average Bonchev–Trinajstić information content (AvgIpc) is 3.09. The molecule has 0 radical (unpaired) electrons. The maximum atomic E-state index is 10.5. The van der Waals surface area contributed by atoms with Gasteiger partial charge in [0.15, 0.2) is 0 Å². The first kappa shape index (κ1) is 18.5. The van der Waals surface area contributed by atoms with Gasteiger partial charge in [-0.05, 0) is 75.0 Å². The highest BCUT2D eigenvalue weighted by Crippen LogP contribution is 2.59.